The van der Waals surface area contributed by atoms with Crippen LogP contribution >= 0.6 is 0 Å². The van der Waals surface area contributed by atoms with Gasteiger partial charge in [0.15, 0.2) is 0 Å². The smallest absolute Gasteiger partial charge is 0.220 e. The minimum absolute atomic E-state index is 0.0546. The highest BCUT2D eigenvalue weighted by Gasteiger charge is 2.21. The molecule has 1 amide bonds. The molecule has 0 aromatic carbocycles. The highest BCUT2D eigenvalue weighted by atomic mass is 16.3. The van der Waals surface area contributed by atoms with E-state index in [2.05, 4.69) is 17.6 Å². The number of hydrogen-bond donors (Lipinski definition) is 3. The topological polar surface area (TPSA) is 61.4 Å². The van der Waals surface area contributed by atoms with Gasteiger partial charge in [-0.15, -0.1) is 0 Å². The number of carbonyl (C=O) groups excluding carboxylic acids is 1. The SMILES string of the molecule is CC(CC(=O)NC[C@@H](C)O)C1CCCNC1. The summed E-state index contributed by atoms with van der Waals surface area (Å²) in [6.07, 6.45) is 2.54. The lowest BCUT2D eigenvalue weighted by atomic mass is 9.85. The average molecular weight is 228 g/mol. The molecule has 94 valence electrons. The van der Waals surface area contributed by atoms with Gasteiger partial charge in [0, 0.05) is 13.0 Å². The molecule has 0 saturated carbocycles. The van der Waals surface area contributed by atoms with Crippen molar-refractivity contribution in [2.24, 2.45) is 11.8 Å². The number of hydrogen-bond acceptors (Lipinski definition) is 3. The van der Waals surface area contributed by atoms with Crippen LogP contribution in [0.1, 0.15) is 33.1 Å². The molecule has 1 aliphatic heterocycles. The molecule has 16 heavy (non-hydrogen) atoms. The summed E-state index contributed by atoms with van der Waals surface area (Å²) in [7, 11) is 0. The molecule has 0 bridgehead atoms. The molecular formula is C12H24N2O2. The minimum atomic E-state index is -0.462. The number of carbonyl (C=O) groups is 1. The van der Waals surface area contributed by atoms with Gasteiger partial charge in [0.2, 0.25) is 5.91 Å². The third-order valence-electron chi connectivity index (χ3n) is 3.24. The molecule has 3 N–H and O–H groups in total. The van der Waals surface area contributed by atoms with E-state index in [4.69, 9.17) is 5.11 Å². The van der Waals surface area contributed by atoms with Crippen LogP contribution in [-0.2, 0) is 4.79 Å². The van der Waals surface area contributed by atoms with E-state index in [1.54, 1.807) is 6.92 Å². The normalized spacial score (nSPS) is 24.8. The van der Waals surface area contributed by atoms with Crippen molar-refractivity contribution in [2.75, 3.05) is 19.6 Å². The summed E-state index contributed by atoms with van der Waals surface area (Å²) in [6.45, 7) is 6.31. The number of nitrogens with one attached hydrogen (secondary N) is 2. The maximum Gasteiger partial charge on any atom is 0.220 e. The lowest BCUT2D eigenvalue weighted by molar-refractivity contribution is -0.122. The Morgan fingerprint density at radius 2 is 2.31 bits per heavy atom. The Morgan fingerprint density at radius 1 is 1.56 bits per heavy atom. The van der Waals surface area contributed by atoms with Crippen molar-refractivity contribution in [3.63, 3.8) is 0 Å². The lowest BCUT2D eigenvalue weighted by Crippen LogP contribution is -2.36. The molecule has 1 rings (SSSR count). The van der Waals surface area contributed by atoms with Crippen LogP contribution < -0.4 is 10.6 Å². The largest absolute Gasteiger partial charge is 0.392 e. The first-order valence-electron chi connectivity index (χ1n) is 6.25. The minimum Gasteiger partial charge on any atom is -0.392 e. The second kappa shape index (κ2) is 6.86. The fourth-order valence-electron chi connectivity index (χ4n) is 2.16. The van der Waals surface area contributed by atoms with E-state index in [0.717, 1.165) is 13.1 Å². The van der Waals surface area contributed by atoms with Crippen molar-refractivity contribution < 1.29 is 9.90 Å². The van der Waals surface area contributed by atoms with Gasteiger partial charge in [0.1, 0.15) is 0 Å². The number of piperidine rings is 1. The molecule has 4 heteroatoms. The van der Waals surface area contributed by atoms with Crippen molar-refractivity contribution in [2.45, 2.75) is 39.2 Å². The van der Waals surface area contributed by atoms with Gasteiger partial charge >= 0.3 is 0 Å². The number of amides is 1. The predicted octanol–water partition coefficient (Wildman–Crippen LogP) is 0.509. The van der Waals surface area contributed by atoms with E-state index in [0.29, 0.717) is 24.8 Å². The van der Waals surface area contributed by atoms with E-state index in [-0.39, 0.29) is 5.91 Å². The van der Waals surface area contributed by atoms with Gasteiger partial charge in [0.05, 0.1) is 6.10 Å². The number of rotatable bonds is 5. The van der Waals surface area contributed by atoms with Crippen LogP contribution in [-0.4, -0.2) is 36.8 Å². The van der Waals surface area contributed by atoms with Crippen molar-refractivity contribution in [3.05, 3.63) is 0 Å². The quantitative estimate of drug-likeness (QED) is 0.642. The number of aliphatic hydroxyl groups excluding tert-OH is 1. The third-order valence-corrected chi connectivity index (χ3v) is 3.24. The van der Waals surface area contributed by atoms with Gasteiger partial charge in [-0.05, 0) is 44.7 Å². The summed E-state index contributed by atoms with van der Waals surface area (Å²) in [5.74, 6) is 1.09. The molecule has 1 aliphatic rings. The average Bonchev–Trinajstić information content (AvgIpc) is 2.27. The van der Waals surface area contributed by atoms with E-state index in [9.17, 15) is 4.79 Å². The Labute approximate surface area is 97.8 Å². The molecule has 1 heterocycles. The molecule has 3 atom stereocenters. The summed E-state index contributed by atoms with van der Waals surface area (Å²) in [4.78, 5) is 11.6. The predicted molar refractivity (Wildman–Crippen MR) is 64.1 cm³/mol. The molecule has 0 spiro atoms. The molecule has 1 fully saturated rings. The third kappa shape index (κ3) is 4.94. The van der Waals surface area contributed by atoms with Crippen molar-refractivity contribution in [1.29, 1.82) is 0 Å². The lowest BCUT2D eigenvalue weighted by Gasteiger charge is -2.28. The second-order valence-corrected chi connectivity index (χ2v) is 4.94. The van der Waals surface area contributed by atoms with Crippen LogP contribution in [0.5, 0.6) is 0 Å². The van der Waals surface area contributed by atoms with Gasteiger partial charge in [-0.25, -0.2) is 0 Å². The Morgan fingerprint density at radius 3 is 2.88 bits per heavy atom. The molecule has 1 saturated heterocycles. The van der Waals surface area contributed by atoms with E-state index < -0.39 is 6.10 Å². The molecule has 2 unspecified atom stereocenters. The van der Waals surface area contributed by atoms with Gasteiger partial charge in [0.25, 0.3) is 0 Å². The van der Waals surface area contributed by atoms with Crippen LogP contribution in [0.15, 0.2) is 0 Å². The highest BCUT2D eigenvalue weighted by Crippen LogP contribution is 2.22. The summed E-state index contributed by atoms with van der Waals surface area (Å²) in [5, 5.41) is 15.2. The van der Waals surface area contributed by atoms with Crippen molar-refractivity contribution in [1.82, 2.24) is 10.6 Å². The standard InChI is InChI=1S/C12H24N2O2/c1-9(11-4-3-5-13-8-11)6-12(16)14-7-10(2)15/h9-11,13,15H,3-8H2,1-2H3,(H,14,16)/t9?,10-,11?/m1/s1. The van der Waals surface area contributed by atoms with Crippen LogP contribution in [0.3, 0.4) is 0 Å². The van der Waals surface area contributed by atoms with Gasteiger partial charge in [-0.3, -0.25) is 4.79 Å². The zero-order valence-corrected chi connectivity index (χ0v) is 10.3. The zero-order chi connectivity index (χ0) is 12.0. The molecule has 0 aliphatic carbocycles. The van der Waals surface area contributed by atoms with Crippen LogP contribution in [0.4, 0.5) is 0 Å². The monoisotopic (exact) mass is 228 g/mol. The zero-order valence-electron chi connectivity index (χ0n) is 10.3. The highest BCUT2D eigenvalue weighted by molar-refractivity contribution is 5.76. The summed E-state index contributed by atoms with van der Waals surface area (Å²) in [6, 6.07) is 0. The fraction of sp³-hybridized carbons (Fsp3) is 0.917. The maximum atomic E-state index is 11.6. The van der Waals surface area contributed by atoms with Gasteiger partial charge in [-0.1, -0.05) is 6.92 Å². The first-order valence-corrected chi connectivity index (χ1v) is 6.25. The Hall–Kier alpha value is -0.610. The van der Waals surface area contributed by atoms with Crippen LogP contribution in [0.25, 0.3) is 0 Å². The molecular weight excluding hydrogens is 204 g/mol. The summed E-state index contributed by atoms with van der Waals surface area (Å²) < 4.78 is 0. The van der Waals surface area contributed by atoms with Crippen LogP contribution in [0.2, 0.25) is 0 Å². The molecule has 4 nitrogen and oxygen atoms in total. The number of aliphatic hydroxyl groups is 1. The molecule has 0 aromatic rings. The summed E-state index contributed by atoms with van der Waals surface area (Å²) in [5.41, 5.74) is 0. The second-order valence-electron chi connectivity index (χ2n) is 4.94. The Kier molecular flexibility index (Phi) is 5.77. The van der Waals surface area contributed by atoms with Gasteiger partial charge in [-0.2, -0.15) is 0 Å². The fourth-order valence-corrected chi connectivity index (χ4v) is 2.16. The van der Waals surface area contributed by atoms with E-state index in [1.807, 2.05) is 0 Å². The van der Waals surface area contributed by atoms with E-state index >= 15 is 0 Å². The van der Waals surface area contributed by atoms with Gasteiger partial charge < -0.3 is 15.7 Å². The summed E-state index contributed by atoms with van der Waals surface area (Å²) >= 11 is 0. The van der Waals surface area contributed by atoms with E-state index in [1.165, 1.54) is 12.8 Å². The van der Waals surface area contributed by atoms with Crippen molar-refractivity contribution in [3.8, 4) is 0 Å². The Bertz CT molecular complexity index is 213. The molecule has 0 aromatic heterocycles. The first-order chi connectivity index (χ1) is 7.59. The van der Waals surface area contributed by atoms with Crippen molar-refractivity contribution >= 4 is 5.91 Å². The molecule has 0 radical (unpaired) electrons. The van der Waals surface area contributed by atoms with Crippen LogP contribution in [0, 0.1) is 11.8 Å². The first kappa shape index (κ1) is 13.5. The Balaban J connectivity index is 2.21. The maximum absolute atomic E-state index is 11.6.